The largest absolute Gasteiger partial charge is 0.481 e. The Labute approximate surface area is 138 Å². The summed E-state index contributed by atoms with van der Waals surface area (Å²) in [6.45, 7) is 0.681. The molecule has 23 heavy (non-hydrogen) atoms. The molecule has 2 N–H and O–H groups in total. The molecule has 1 fully saturated rings. The minimum atomic E-state index is -0.732. The number of unbranched alkanes of at least 4 members (excludes halogenated alkanes) is 3. The Bertz CT molecular complexity index is 507. The first-order valence-electron chi connectivity index (χ1n) is 8.71. The molecule has 2 rings (SSSR count). The number of aliphatic carboxylic acids is 1. The summed E-state index contributed by atoms with van der Waals surface area (Å²) in [5.41, 5.74) is 0.793. The van der Waals surface area contributed by atoms with Gasteiger partial charge >= 0.3 is 5.97 Å². The molecule has 126 valence electrons. The van der Waals surface area contributed by atoms with Gasteiger partial charge in [0.2, 0.25) is 5.91 Å². The van der Waals surface area contributed by atoms with Gasteiger partial charge in [0.15, 0.2) is 0 Å². The van der Waals surface area contributed by atoms with Crippen LogP contribution in [-0.2, 0) is 15.0 Å². The normalized spacial score (nSPS) is 16.2. The minimum Gasteiger partial charge on any atom is -0.481 e. The molecule has 0 bridgehead atoms. The van der Waals surface area contributed by atoms with E-state index >= 15 is 0 Å². The van der Waals surface area contributed by atoms with Crippen molar-refractivity contribution in [3.05, 3.63) is 35.9 Å². The number of carboxylic acids is 1. The molecule has 0 heterocycles. The predicted molar refractivity (Wildman–Crippen MR) is 90.3 cm³/mol. The highest BCUT2D eigenvalue weighted by Crippen LogP contribution is 2.41. The third-order valence-corrected chi connectivity index (χ3v) is 4.82. The highest BCUT2D eigenvalue weighted by atomic mass is 16.4. The van der Waals surface area contributed by atoms with Gasteiger partial charge in [0.25, 0.3) is 0 Å². The van der Waals surface area contributed by atoms with Crippen molar-refractivity contribution < 1.29 is 14.7 Å². The van der Waals surface area contributed by atoms with Crippen molar-refractivity contribution in [1.82, 2.24) is 5.32 Å². The van der Waals surface area contributed by atoms with Gasteiger partial charge in [-0.05, 0) is 31.2 Å². The Morgan fingerprint density at radius 2 is 1.65 bits per heavy atom. The second-order valence-corrected chi connectivity index (χ2v) is 6.47. The molecule has 0 aromatic heterocycles. The fourth-order valence-electron chi connectivity index (χ4n) is 3.51. The van der Waals surface area contributed by atoms with E-state index in [1.807, 2.05) is 18.2 Å². The van der Waals surface area contributed by atoms with Crippen molar-refractivity contribution in [2.45, 2.75) is 63.2 Å². The summed E-state index contributed by atoms with van der Waals surface area (Å²) in [5, 5.41) is 11.7. The van der Waals surface area contributed by atoms with Crippen molar-refractivity contribution in [1.29, 1.82) is 0 Å². The Balaban J connectivity index is 1.78. The van der Waals surface area contributed by atoms with E-state index in [9.17, 15) is 9.59 Å². The number of hydrogen-bond acceptors (Lipinski definition) is 2. The van der Waals surface area contributed by atoms with Crippen molar-refractivity contribution in [2.24, 2.45) is 0 Å². The number of benzene rings is 1. The highest BCUT2D eigenvalue weighted by molar-refractivity contribution is 5.88. The summed E-state index contributed by atoms with van der Waals surface area (Å²) < 4.78 is 0. The molecule has 1 aromatic carbocycles. The number of rotatable bonds is 9. The number of hydrogen-bond donors (Lipinski definition) is 2. The first-order chi connectivity index (χ1) is 11.1. The van der Waals surface area contributed by atoms with Crippen molar-refractivity contribution in [2.75, 3.05) is 6.54 Å². The first-order valence-corrected chi connectivity index (χ1v) is 8.71. The molecule has 1 aromatic rings. The van der Waals surface area contributed by atoms with Crippen LogP contribution in [0, 0.1) is 0 Å². The van der Waals surface area contributed by atoms with Crippen LogP contribution >= 0.6 is 0 Å². The van der Waals surface area contributed by atoms with E-state index in [-0.39, 0.29) is 17.7 Å². The molecule has 4 heteroatoms. The fraction of sp³-hybridized carbons (Fsp3) is 0.579. The van der Waals surface area contributed by atoms with E-state index in [1.165, 1.54) is 0 Å². The molecule has 0 radical (unpaired) electrons. The van der Waals surface area contributed by atoms with E-state index in [4.69, 9.17) is 5.11 Å². The van der Waals surface area contributed by atoms with Crippen LogP contribution in [0.5, 0.6) is 0 Å². The van der Waals surface area contributed by atoms with Crippen molar-refractivity contribution in [3.8, 4) is 0 Å². The number of amides is 1. The third-order valence-electron chi connectivity index (χ3n) is 4.82. The lowest BCUT2D eigenvalue weighted by atomic mass is 9.78. The average molecular weight is 317 g/mol. The molecular weight excluding hydrogens is 290 g/mol. The zero-order valence-electron chi connectivity index (χ0n) is 13.7. The lowest BCUT2D eigenvalue weighted by Gasteiger charge is -2.28. The van der Waals surface area contributed by atoms with E-state index < -0.39 is 5.97 Å². The Hall–Kier alpha value is -1.84. The van der Waals surface area contributed by atoms with E-state index in [0.717, 1.165) is 56.9 Å². The summed E-state index contributed by atoms with van der Waals surface area (Å²) in [5.74, 6) is -0.573. The van der Waals surface area contributed by atoms with Gasteiger partial charge < -0.3 is 10.4 Å². The van der Waals surface area contributed by atoms with Gasteiger partial charge in [-0.2, -0.15) is 0 Å². The summed E-state index contributed by atoms with van der Waals surface area (Å²) in [6, 6.07) is 10.1. The fourth-order valence-corrected chi connectivity index (χ4v) is 3.51. The lowest BCUT2D eigenvalue weighted by molar-refractivity contribution is -0.137. The maximum absolute atomic E-state index is 12.8. The molecule has 1 aliphatic carbocycles. The lowest BCUT2D eigenvalue weighted by Crippen LogP contribution is -2.42. The molecule has 1 aliphatic rings. The van der Waals surface area contributed by atoms with Gasteiger partial charge in [0.05, 0.1) is 5.41 Å². The number of carbonyl (C=O) groups is 2. The summed E-state index contributed by atoms with van der Waals surface area (Å²) in [6.07, 6.45) is 7.83. The SMILES string of the molecule is O=C(O)CCCCCCNC(=O)C1(c2ccccc2)CCCC1. The van der Waals surface area contributed by atoms with Crippen LogP contribution in [-0.4, -0.2) is 23.5 Å². The molecule has 0 atom stereocenters. The predicted octanol–water partition coefficient (Wildman–Crippen LogP) is 3.65. The Morgan fingerprint density at radius 3 is 2.30 bits per heavy atom. The minimum absolute atomic E-state index is 0.159. The zero-order chi connectivity index (χ0) is 16.5. The van der Waals surface area contributed by atoms with Crippen molar-refractivity contribution >= 4 is 11.9 Å². The second kappa shape index (κ2) is 8.70. The van der Waals surface area contributed by atoms with Crippen LogP contribution in [0.2, 0.25) is 0 Å². The molecule has 1 amide bonds. The van der Waals surface area contributed by atoms with Crippen LogP contribution in [0.1, 0.15) is 63.4 Å². The topological polar surface area (TPSA) is 66.4 Å². The standard InChI is InChI=1S/C19H27NO3/c21-17(22)12-6-1-2-9-15-20-18(23)19(13-7-8-14-19)16-10-4-3-5-11-16/h3-5,10-11H,1-2,6-9,12-15H2,(H,20,23)(H,21,22). The quantitative estimate of drug-likeness (QED) is 0.683. The van der Waals surface area contributed by atoms with Crippen LogP contribution in [0.15, 0.2) is 30.3 Å². The number of nitrogens with one attached hydrogen (secondary N) is 1. The van der Waals surface area contributed by atoms with E-state index in [1.54, 1.807) is 0 Å². The Kier molecular flexibility index (Phi) is 6.63. The molecule has 0 saturated heterocycles. The van der Waals surface area contributed by atoms with Gasteiger partial charge in [0, 0.05) is 13.0 Å². The summed E-state index contributed by atoms with van der Waals surface area (Å²) >= 11 is 0. The first kappa shape index (κ1) is 17.5. The number of carbonyl (C=O) groups excluding carboxylic acids is 1. The highest BCUT2D eigenvalue weighted by Gasteiger charge is 2.42. The van der Waals surface area contributed by atoms with Crippen LogP contribution in [0.25, 0.3) is 0 Å². The smallest absolute Gasteiger partial charge is 0.303 e. The van der Waals surface area contributed by atoms with Gasteiger partial charge in [-0.3, -0.25) is 9.59 Å². The molecular formula is C19H27NO3. The molecule has 4 nitrogen and oxygen atoms in total. The second-order valence-electron chi connectivity index (χ2n) is 6.47. The molecule has 0 unspecified atom stereocenters. The molecule has 0 spiro atoms. The number of carboxylic acid groups (broad SMARTS) is 1. The van der Waals surface area contributed by atoms with Gasteiger partial charge in [0.1, 0.15) is 0 Å². The third kappa shape index (κ3) is 4.81. The molecule has 1 saturated carbocycles. The maximum atomic E-state index is 12.8. The van der Waals surface area contributed by atoms with Crippen LogP contribution < -0.4 is 5.32 Å². The zero-order valence-corrected chi connectivity index (χ0v) is 13.7. The summed E-state index contributed by atoms with van der Waals surface area (Å²) in [7, 11) is 0. The molecule has 0 aliphatic heterocycles. The summed E-state index contributed by atoms with van der Waals surface area (Å²) in [4.78, 5) is 23.2. The maximum Gasteiger partial charge on any atom is 0.303 e. The van der Waals surface area contributed by atoms with Crippen LogP contribution in [0.4, 0.5) is 0 Å². The monoisotopic (exact) mass is 317 g/mol. The average Bonchev–Trinajstić information content (AvgIpc) is 3.05. The Morgan fingerprint density at radius 1 is 1.00 bits per heavy atom. The van der Waals surface area contributed by atoms with E-state index in [0.29, 0.717) is 6.54 Å². The van der Waals surface area contributed by atoms with Gasteiger partial charge in [-0.25, -0.2) is 0 Å². The van der Waals surface area contributed by atoms with Gasteiger partial charge in [-0.15, -0.1) is 0 Å². The van der Waals surface area contributed by atoms with Gasteiger partial charge in [-0.1, -0.05) is 56.0 Å². The van der Waals surface area contributed by atoms with E-state index in [2.05, 4.69) is 17.4 Å². The van der Waals surface area contributed by atoms with Crippen LogP contribution in [0.3, 0.4) is 0 Å². The van der Waals surface area contributed by atoms with Crippen molar-refractivity contribution in [3.63, 3.8) is 0 Å².